The summed E-state index contributed by atoms with van der Waals surface area (Å²) in [4.78, 5) is 12.1. The molecule has 1 aromatic heterocycles. The molecule has 0 aliphatic carbocycles. The molecule has 3 N–H and O–H groups in total. The number of hydrogen-bond donors (Lipinski definition) is 2. The Labute approximate surface area is 166 Å². The molecular weight excluding hydrogens is 371 g/mol. The molecule has 0 aliphatic rings. The maximum Gasteiger partial charge on any atom is 0.249 e. The first-order chi connectivity index (χ1) is 14.0. The van der Waals surface area contributed by atoms with Crippen molar-refractivity contribution in [2.24, 2.45) is 5.73 Å². The van der Waals surface area contributed by atoms with E-state index in [-0.39, 0.29) is 17.9 Å². The molecule has 0 radical (unpaired) electrons. The number of aliphatic hydroxyl groups excluding tert-OH is 1. The highest BCUT2D eigenvalue weighted by atomic mass is 19.1. The van der Waals surface area contributed by atoms with Crippen molar-refractivity contribution < 1.29 is 19.0 Å². The lowest BCUT2D eigenvalue weighted by Gasteiger charge is -2.10. The number of carbonyl (C=O) groups is 1. The fraction of sp³-hybridized carbons (Fsp3) is 0.0870. The molecule has 0 saturated heterocycles. The Morgan fingerprint density at radius 1 is 1.07 bits per heavy atom. The maximum absolute atomic E-state index is 15.0. The summed E-state index contributed by atoms with van der Waals surface area (Å²) in [5.41, 5.74) is 7.83. The van der Waals surface area contributed by atoms with Gasteiger partial charge in [-0.1, -0.05) is 43.0 Å². The molecule has 0 unspecified atom stereocenters. The van der Waals surface area contributed by atoms with Crippen LogP contribution in [-0.4, -0.2) is 22.2 Å². The maximum atomic E-state index is 15.0. The van der Waals surface area contributed by atoms with Crippen molar-refractivity contribution in [3.05, 3.63) is 89.9 Å². The zero-order chi connectivity index (χ0) is 20.5. The normalized spacial score (nSPS) is 11.1. The van der Waals surface area contributed by atoms with Crippen molar-refractivity contribution in [2.45, 2.75) is 6.54 Å². The molecule has 5 nitrogen and oxygen atoms in total. The Morgan fingerprint density at radius 3 is 2.52 bits per heavy atom. The summed E-state index contributed by atoms with van der Waals surface area (Å²) >= 11 is 0. The van der Waals surface area contributed by atoms with Crippen molar-refractivity contribution in [1.29, 1.82) is 0 Å². The van der Waals surface area contributed by atoms with Crippen LogP contribution in [0.5, 0.6) is 5.75 Å². The minimum absolute atomic E-state index is 0.148. The van der Waals surface area contributed by atoms with Gasteiger partial charge < -0.3 is 20.1 Å². The number of fused-ring (bicyclic) bond motifs is 3. The van der Waals surface area contributed by atoms with E-state index >= 15 is 4.39 Å². The number of nitrogens with zero attached hydrogens (tertiary/aromatic N) is 1. The lowest BCUT2D eigenvalue weighted by molar-refractivity contribution is 0.100. The van der Waals surface area contributed by atoms with Crippen LogP contribution in [0.25, 0.3) is 21.8 Å². The molecule has 0 saturated carbocycles. The van der Waals surface area contributed by atoms with Crippen LogP contribution in [0, 0.1) is 5.82 Å². The molecular formula is C23H19FN2O3. The molecule has 3 aromatic carbocycles. The number of carbonyl (C=O) groups excluding carboxylic acids is 1. The van der Waals surface area contributed by atoms with E-state index in [1.54, 1.807) is 12.1 Å². The lowest BCUT2D eigenvalue weighted by atomic mass is 10.1. The third kappa shape index (κ3) is 3.29. The van der Waals surface area contributed by atoms with Gasteiger partial charge in [0, 0.05) is 17.5 Å². The molecule has 4 aromatic rings. The number of rotatable bonds is 6. The third-order valence-corrected chi connectivity index (χ3v) is 4.79. The highest BCUT2D eigenvalue weighted by Crippen LogP contribution is 2.39. The predicted molar refractivity (Wildman–Crippen MR) is 111 cm³/mol. The van der Waals surface area contributed by atoms with E-state index in [4.69, 9.17) is 10.5 Å². The summed E-state index contributed by atoms with van der Waals surface area (Å²) in [5, 5.41) is 10.4. The SMILES string of the molecule is C=C(O)COc1ccc(F)c2c1c1c(C(N)=O)cccc1n2Cc1ccccc1. The number of benzene rings is 3. The summed E-state index contributed by atoms with van der Waals surface area (Å²) < 4.78 is 22.5. The van der Waals surface area contributed by atoms with Gasteiger partial charge in [-0.25, -0.2) is 4.39 Å². The van der Waals surface area contributed by atoms with Gasteiger partial charge in [-0.15, -0.1) is 0 Å². The first-order valence-electron chi connectivity index (χ1n) is 9.04. The number of ether oxygens (including phenoxy) is 1. The van der Waals surface area contributed by atoms with Gasteiger partial charge in [-0.05, 0) is 29.8 Å². The Balaban J connectivity index is 2.08. The number of aliphatic hydroxyl groups is 1. The molecule has 4 rings (SSSR count). The van der Waals surface area contributed by atoms with Gasteiger partial charge in [0.15, 0.2) is 0 Å². The minimum atomic E-state index is -0.615. The Morgan fingerprint density at radius 2 is 1.83 bits per heavy atom. The summed E-state index contributed by atoms with van der Waals surface area (Å²) in [7, 11) is 0. The lowest BCUT2D eigenvalue weighted by Crippen LogP contribution is -2.11. The zero-order valence-electron chi connectivity index (χ0n) is 15.6. The zero-order valence-corrected chi connectivity index (χ0v) is 15.6. The summed E-state index contributed by atoms with van der Waals surface area (Å²) in [6.45, 7) is 3.67. The van der Waals surface area contributed by atoms with Gasteiger partial charge in [0.25, 0.3) is 0 Å². The van der Waals surface area contributed by atoms with E-state index in [0.717, 1.165) is 5.56 Å². The van der Waals surface area contributed by atoms with Crippen molar-refractivity contribution in [1.82, 2.24) is 4.57 Å². The highest BCUT2D eigenvalue weighted by molar-refractivity contribution is 6.19. The number of amides is 1. The van der Waals surface area contributed by atoms with Crippen molar-refractivity contribution in [3.63, 3.8) is 0 Å². The van der Waals surface area contributed by atoms with Gasteiger partial charge in [-0.2, -0.15) is 0 Å². The highest BCUT2D eigenvalue weighted by Gasteiger charge is 2.22. The van der Waals surface area contributed by atoms with Gasteiger partial charge in [0.05, 0.1) is 16.4 Å². The summed E-state index contributed by atoms with van der Waals surface area (Å²) in [6, 6.07) is 17.6. The van der Waals surface area contributed by atoms with Crippen LogP contribution in [0.4, 0.5) is 4.39 Å². The number of aromatic nitrogens is 1. The second kappa shape index (κ2) is 7.31. The molecule has 0 atom stereocenters. The fourth-order valence-corrected chi connectivity index (χ4v) is 3.62. The third-order valence-electron chi connectivity index (χ3n) is 4.79. The van der Waals surface area contributed by atoms with Crippen LogP contribution in [0.2, 0.25) is 0 Å². The van der Waals surface area contributed by atoms with Crippen LogP contribution in [0.15, 0.2) is 73.0 Å². The van der Waals surface area contributed by atoms with Crippen LogP contribution in [0.3, 0.4) is 0 Å². The average molecular weight is 390 g/mol. The topological polar surface area (TPSA) is 77.5 Å². The standard InChI is InChI=1S/C23H19FN2O3/c1-14(27)13-29-19-11-10-17(24)22-21(19)20-16(23(25)28)8-5-9-18(20)26(22)12-15-6-3-2-4-7-15/h2-11,27H,1,12-13H2,(H2,25,28). The van der Waals surface area contributed by atoms with E-state index in [2.05, 4.69) is 6.58 Å². The first-order valence-corrected chi connectivity index (χ1v) is 9.04. The van der Waals surface area contributed by atoms with Gasteiger partial charge >= 0.3 is 0 Å². The first kappa shape index (κ1) is 18.6. The van der Waals surface area contributed by atoms with Crippen LogP contribution in [0.1, 0.15) is 15.9 Å². The second-order valence-electron chi connectivity index (χ2n) is 6.76. The molecule has 146 valence electrons. The summed E-state index contributed by atoms with van der Waals surface area (Å²) in [5.74, 6) is -0.887. The fourth-order valence-electron chi connectivity index (χ4n) is 3.62. The summed E-state index contributed by atoms with van der Waals surface area (Å²) in [6.07, 6.45) is 0. The minimum Gasteiger partial charge on any atom is -0.509 e. The molecule has 0 fully saturated rings. The molecule has 0 aliphatic heterocycles. The molecule has 6 heteroatoms. The van der Waals surface area contributed by atoms with Crippen molar-refractivity contribution >= 4 is 27.7 Å². The van der Waals surface area contributed by atoms with Gasteiger partial charge in [0.1, 0.15) is 23.9 Å². The Bertz CT molecular complexity index is 1250. The molecule has 0 bridgehead atoms. The smallest absolute Gasteiger partial charge is 0.249 e. The van der Waals surface area contributed by atoms with E-state index in [0.29, 0.717) is 34.1 Å². The van der Waals surface area contributed by atoms with E-state index in [1.165, 1.54) is 12.1 Å². The number of hydrogen-bond acceptors (Lipinski definition) is 3. The predicted octanol–water partition coefficient (Wildman–Crippen LogP) is 4.53. The molecule has 0 spiro atoms. The second-order valence-corrected chi connectivity index (χ2v) is 6.76. The van der Waals surface area contributed by atoms with Gasteiger partial charge in [0.2, 0.25) is 5.91 Å². The molecule has 1 heterocycles. The van der Waals surface area contributed by atoms with E-state index < -0.39 is 11.7 Å². The van der Waals surface area contributed by atoms with Crippen molar-refractivity contribution in [3.8, 4) is 5.75 Å². The van der Waals surface area contributed by atoms with Crippen LogP contribution >= 0.6 is 0 Å². The largest absolute Gasteiger partial charge is 0.509 e. The van der Waals surface area contributed by atoms with Crippen LogP contribution < -0.4 is 10.5 Å². The molecule has 29 heavy (non-hydrogen) atoms. The average Bonchev–Trinajstić information content (AvgIpc) is 3.03. The van der Waals surface area contributed by atoms with E-state index in [9.17, 15) is 9.90 Å². The Kier molecular flexibility index (Phi) is 4.68. The monoisotopic (exact) mass is 390 g/mol. The Hall–Kier alpha value is -3.80. The quantitative estimate of drug-likeness (QED) is 0.475. The van der Waals surface area contributed by atoms with Gasteiger partial charge in [-0.3, -0.25) is 4.79 Å². The van der Waals surface area contributed by atoms with Crippen molar-refractivity contribution in [2.75, 3.05) is 6.61 Å². The number of primary amides is 1. The number of halogens is 1. The number of nitrogens with two attached hydrogens (primary N) is 1. The van der Waals surface area contributed by atoms with Crippen LogP contribution in [-0.2, 0) is 6.54 Å². The van der Waals surface area contributed by atoms with E-state index in [1.807, 2.05) is 41.0 Å². The molecule has 1 amide bonds.